The van der Waals surface area contributed by atoms with Crippen LogP contribution in [0.25, 0.3) is 0 Å². The molecule has 3 nitrogen and oxygen atoms in total. The molecule has 0 saturated heterocycles. The summed E-state index contributed by atoms with van der Waals surface area (Å²) in [5.41, 5.74) is -0.618. The van der Waals surface area contributed by atoms with Gasteiger partial charge in [-0.3, -0.25) is 0 Å². The summed E-state index contributed by atoms with van der Waals surface area (Å²) >= 11 is 0. The fourth-order valence-corrected chi connectivity index (χ4v) is 0. The average Bonchev–Trinajstić information content (AvgIpc) is 1.31. The van der Waals surface area contributed by atoms with Gasteiger partial charge in [-0.25, -0.2) is 0 Å². The van der Waals surface area contributed by atoms with Gasteiger partial charge in [0.05, 0.1) is 5.66 Å². The van der Waals surface area contributed by atoms with Crippen molar-refractivity contribution < 1.29 is 15.3 Å². The lowest BCUT2D eigenvalue weighted by Crippen LogP contribution is -2.35. The van der Waals surface area contributed by atoms with Gasteiger partial charge in [-0.05, 0) is 0 Å². The molecular formula is C3H10BrO3P. The van der Waals surface area contributed by atoms with Crippen LogP contribution >= 0.6 is 26.2 Å². The largest absolute Gasteiger partial charge is 0.343 e. The van der Waals surface area contributed by atoms with Crippen molar-refractivity contribution in [3.05, 3.63) is 0 Å². The smallest absolute Gasteiger partial charge is 0.281 e. The van der Waals surface area contributed by atoms with Crippen LogP contribution in [-0.2, 0) is 0 Å². The predicted octanol–water partition coefficient (Wildman–Crippen LogP) is -0.541. The highest BCUT2D eigenvalue weighted by Crippen LogP contribution is 2.09. The summed E-state index contributed by atoms with van der Waals surface area (Å²) in [4.78, 5) is 0. The molecule has 0 fully saturated rings. The van der Waals surface area contributed by atoms with Crippen molar-refractivity contribution in [1.29, 1.82) is 0 Å². The van der Waals surface area contributed by atoms with Crippen molar-refractivity contribution in [3.63, 3.8) is 0 Å². The molecule has 2 atom stereocenters. The monoisotopic (exact) mass is 204 g/mol. The van der Waals surface area contributed by atoms with E-state index >= 15 is 0 Å². The Kier molecular flexibility index (Phi) is 5.42. The zero-order chi connectivity index (χ0) is 6.08. The molecule has 0 bridgehead atoms. The van der Waals surface area contributed by atoms with E-state index in [9.17, 15) is 0 Å². The minimum atomic E-state index is -2.54. The number of rotatable bonds is 1. The van der Waals surface area contributed by atoms with Gasteiger partial charge in [-0.1, -0.05) is 6.92 Å². The summed E-state index contributed by atoms with van der Waals surface area (Å²) in [6.07, 6.45) is 0. The highest BCUT2D eigenvalue weighted by molar-refractivity contribution is 8.93. The molecule has 0 rings (SSSR count). The van der Waals surface area contributed by atoms with E-state index in [1.54, 1.807) is 0 Å². The van der Waals surface area contributed by atoms with Gasteiger partial charge in [-0.15, -0.1) is 26.2 Å². The van der Waals surface area contributed by atoms with E-state index in [1.807, 2.05) is 0 Å². The molecule has 0 heterocycles. The lowest BCUT2D eigenvalue weighted by atomic mass is 10.4. The van der Waals surface area contributed by atoms with Crippen LogP contribution in [0.2, 0.25) is 0 Å². The maximum Gasteiger partial charge on any atom is 0.281 e. The Morgan fingerprint density at radius 2 is 1.50 bits per heavy atom. The zero-order valence-electron chi connectivity index (χ0n) is 4.40. The second-order valence-electron chi connectivity index (χ2n) is 1.48. The Balaban J connectivity index is 0. The van der Waals surface area contributed by atoms with Crippen LogP contribution in [-0.4, -0.2) is 27.0 Å². The number of aliphatic hydroxyl groups is 3. The van der Waals surface area contributed by atoms with Gasteiger partial charge in [-0.2, -0.15) is 0 Å². The molecule has 0 aliphatic heterocycles. The van der Waals surface area contributed by atoms with Crippen molar-refractivity contribution in [1.82, 2.24) is 0 Å². The maximum atomic E-state index is 8.19. The molecular weight excluding hydrogens is 195 g/mol. The van der Waals surface area contributed by atoms with E-state index in [4.69, 9.17) is 15.3 Å². The van der Waals surface area contributed by atoms with Crippen LogP contribution in [0.15, 0.2) is 0 Å². The van der Waals surface area contributed by atoms with Gasteiger partial charge in [0, 0.05) is 0 Å². The van der Waals surface area contributed by atoms with Crippen molar-refractivity contribution >= 4 is 26.2 Å². The molecule has 0 aliphatic rings. The second-order valence-corrected chi connectivity index (χ2v) is 2.48. The topological polar surface area (TPSA) is 60.7 Å². The molecule has 0 aliphatic carbocycles. The Morgan fingerprint density at radius 1 is 1.38 bits per heavy atom. The number of hydrogen-bond acceptors (Lipinski definition) is 3. The Morgan fingerprint density at radius 3 is 1.50 bits per heavy atom. The predicted molar refractivity (Wildman–Crippen MR) is 38.9 cm³/mol. The van der Waals surface area contributed by atoms with Gasteiger partial charge >= 0.3 is 0 Å². The highest BCUT2D eigenvalue weighted by Gasteiger charge is 2.22. The molecule has 52 valence electrons. The first-order valence-corrected chi connectivity index (χ1v) is 2.54. The van der Waals surface area contributed by atoms with E-state index in [0.29, 0.717) is 0 Å². The molecule has 5 heteroatoms. The third-order valence-electron chi connectivity index (χ3n) is 0.611. The normalized spacial score (nSPS) is 14.6. The van der Waals surface area contributed by atoms with Crippen LogP contribution in [0.5, 0.6) is 0 Å². The Hall–Kier alpha value is 0.790. The fourth-order valence-electron chi connectivity index (χ4n) is 0. The summed E-state index contributed by atoms with van der Waals surface area (Å²) in [5, 5.41) is 24.6. The lowest BCUT2D eigenvalue weighted by Gasteiger charge is -2.16. The average molecular weight is 205 g/mol. The molecule has 2 unspecified atom stereocenters. The van der Waals surface area contributed by atoms with Gasteiger partial charge < -0.3 is 15.3 Å². The highest BCUT2D eigenvalue weighted by atomic mass is 79.9. The van der Waals surface area contributed by atoms with Crippen LogP contribution in [0.1, 0.15) is 6.92 Å². The zero-order valence-corrected chi connectivity index (χ0v) is 7.27. The summed E-state index contributed by atoms with van der Waals surface area (Å²) in [6, 6.07) is 0. The van der Waals surface area contributed by atoms with E-state index in [2.05, 4.69) is 9.24 Å². The van der Waals surface area contributed by atoms with Crippen molar-refractivity contribution in [3.8, 4) is 0 Å². The molecule has 0 aromatic carbocycles. The van der Waals surface area contributed by atoms with Crippen LogP contribution in [0.4, 0.5) is 0 Å². The summed E-state index contributed by atoms with van der Waals surface area (Å²) in [6.45, 7) is 1.46. The Labute approximate surface area is 60.7 Å². The molecule has 0 aromatic rings. The summed E-state index contributed by atoms with van der Waals surface area (Å²) in [7, 11) is 2.05. The van der Waals surface area contributed by atoms with Crippen LogP contribution < -0.4 is 0 Å². The molecule has 0 saturated carbocycles. The standard InChI is InChI=1S/C3H9O3P.BrH/c1-2(7)3(4,5)6;/h2,4-6H,7H2,1H3;1H. The van der Waals surface area contributed by atoms with E-state index in [-0.39, 0.29) is 17.0 Å². The first-order chi connectivity index (χ1) is 2.94. The number of hydrogen-bond donors (Lipinski definition) is 3. The Bertz CT molecular complexity index is 60.0. The van der Waals surface area contributed by atoms with E-state index < -0.39 is 11.6 Å². The number of halogens is 1. The maximum absolute atomic E-state index is 8.19. The SMILES string of the molecule is Br.CC(P)C(O)(O)O. The van der Waals surface area contributed by atoms with Gasteiger partial charge in [0.25, 0.3) is 5.97 Å². The van der Waals surface area contributed by atoms with Crippen molar-refractivity contribution in [2.45, 2.75) is 18.6 Å². The quantitative estimate of drug-likeness (QED) is 0.398. The fraction of sp³-hybridized carbons (Fsp3) is 1.00. The minimum absolute atomic E-state index is 0. The summed E-state index contributed by atoms with van der Waals surface area (Å²) < 4.78 is 0. The minimum Gasteiger partial charge on any atom is -0.343 e. The van der Waals surface area contributed by atoms with Crippen LogP contribution in [0, 0.1) is 0 Å². The third kappa shape index (κ3) is 4.94. The molecule has 0 aromatic heterocycles. The van der Waals surface area contributed by atoms with Gasteiger partial charge in [0.15, 0.2) is 0 Å². The van der Waals surface area contributed by atoms with E-state index in [0.717, 1.165) is 0 Å². The summed E-state index contributed by atoms with van der Waals surface area (Å²) in [5.74, 6) is -2.54. The molecule has 0 amide bonds. The van der Waals surface area contributed by atoms with Crippen LogP contribution in [0.3, 0.4) is 0 Å². The van der Waals surface area contributed by atoms with Gasteiger partial charge in [0.2, 0.25) is 0 Å². The second kappa shape index (κ2) is 3.75. The molecule has 3 N–H and O–H groups in total. The van der Waals surface area contributed by atoms with Crippen molar-refractivity contribution in [2.24, 2.45) is 0 Å². The first kappa shape index (κ1) is 11.6. The van der Waals surface area contributed by atoms with Gasteiger partial charge in [0.1, 0.15) is 0 Å². The molecule has 8 heavy (non-hydrogen) atoms. The first-order valence-electron chi connectivity index (χ1n) is 1.87. The third-order valence-corrected chi connectivity index (χ3v) is 1.06. The van der Waals surface area contributed by atoms with E-state index in [1.165, 1.54) is 6.92 Å². The molecule has 0 spiro atoms. The molecule has 0 radical (unpaired) electrons. The lowest BCUT2D eigenvalue weighted by molar-refractivity contribution is -0.308. The van der Waals surface area contributed by atoms with Crippen molar-refractivity contribution in [2.75, 3.05) is 0 Å².